The zero-order chi connectivity index (χ0) is 21.8. The number of piperazine rings is 1. The second-order valence-electron chi connectivity index (χ2n) is 7.75. The van der Waals surface area contributed by atoms with Crippen molar-refractivity contribution in [1.29, 1.82) is 0 Å². The topological polar surface area (TPSA) is 69.7 Å². The van der Waals surface area contributed by atoms with Crippen molar-refractivity contribution in [2.24, 2.45) is 0 Å². The van der Waals surface area contributed by atoms with E-state index in [1.165, 1.54) is 4.31 Å². The maximum Gasteiger partial charge on any atom is 0.243 e. The molecule has 1 aliphatic heterocycles. The van der Waals surface area contributed by atoms with Gasteiger partial charge in [-0.3, -0.25) is 9.69 Å². The van der Waals surface area contributed by atoms with Gasteiger partial charge in [0.25, 0.3) is 0 Å². The second-order valence-corrected chi connectivity index (χ2v) is 9.69. The van der Waals surface area contributed by atoms with Crippen LogP contribution in [0, 0.1) is 0 Å². The maximum absolute atomic E-state index is 13.1. The number of amides is 1. The summed E-state index contributed by atoms with van der Waals surface area (Å²) in [6.45, 7) is 4.09. The molecule has 162 valence electrons. The van der Waals surface area contributed by atoms with Crippen LogP contribution in [0.2, 0.25) is 0 Å². The second kappa shape index (κ2) is 9.18. The van der Waals surface area contributed by atoms with Crippen molar-refractivity contribution in [2.75, 3.05) is 38.0 Å². The Morgan fingerprint density at radius 2 is 1.58 bits per heavy atom. The number of anilines is 1. The smallest absolute Gasteiger partial charge is 0.243 e. The van der Waals surface area contributed by atoms with Crippen LogP contribution in [-0.4, -0.2) is 56.3 Å². The molecule has 1 saturated heterocycles. The van der Waals surface area contributed by atoms with E-state index < -0.39 is 10.0 Å². The van der Waals surface area contributed by atoms with Gasteiger partial charge in [-0.1, -0.05) is 55.5 Å². The molecule has 3 aromatic carbocycles. The Kier molecular flexibility index (Phi) is 6.36. The van der Waals surface area contributed by atoms with E-state index in [-0.39, 0.29) is 12.5 Å². The molecule has 1 aliphatic rings. The lowest BCUT2D eigenvalue weighted by Gasteiger charge is -2.33. The van der Waals surface area contributed by atoms with E-state index >= 15 is 0 Å². The van der Waals surface area contributed by atoms with E-state index in [4.69, 9.17) is 0 Å². The van der Waals surface area contributed by atoms with E-state index in [1.807, 2.05) is 59.5 Å². The van der Waals surface area contributed by atoms with Crippen LogP contribution in [0.15, 0.2) is 71.6 Å². The third-order valence-corrected chi connectivity index (χ3v) is 7.62. The van der Waals surface area contributed by atoms with Gasteiger partial charge in [0.05, 0.1) is 11.4 Å². The average molecular weight is 438 g/mol. The van der Waals surface area contributed by atoms with E-state index in [2.05, 4.69) is 12.2 Å². The van der Waals surface area contributed by atoms with Crippen molar-refractivity contribution in [3.05, 3.63) is 72.3 Å². The van der Waals surface area contributed by atoms with Gasteiger partial charge in [-0.25, -0.2) is 8.42 Å². The van der Waals surface area contributed by atoms with E-state index in [9.17, 15) is 13.2 Å². The summed E-state index contributed by atoms with van der Waals surface area (Å²) in [6.07, 6.45) is 0.849. The molecule has 0 unspecified atom stereocenters. The number of aryl methyl sites for hydroxylation is 1. The van der Waals surface area contributed by atoms with Gasteiger partial charge in [0.1, 0.15) is 0 Å². The molecule has 31 heavy (non-hydrogen) atoms. The monoisotopic (exact) mass is 437 g/mol. The zero-order valence-electron chi connectivity index (χ0n) is 17.6. The van der Waals surface area contributed by atoms with Crippen molar-refractivity contribution in [1.82, 2.24) is 9.21 Å². The molecule has 0 bridgehead atoms. The molecule has 1 N–H and O–H groups in total. The highest BCUT2D eigenvalue weighted by Gasteiger charge is 2.29. The van der Waals surface area contributed by atoms with Crippen molar-refractivity contribution < 1.29 is 13.2 Å². The lowest BCUT2D eigenvalue weighted by atomic mass is 10.1. The fourth-order valence-corrected chi connectivity index (χ4v) is 5.41. The number of carbonyl (C=O) groups is 1. The summed E-state index contributed by atoms with van der Waals surface area (Å²) in [6, 6.07) is 20.8. The number of carbonyl (C=O) groups excluding carboxylic acids is 1. The van der Waals surface area contributed by atoms with Crippen LogP contribution in [0.1, 0.15) is 12.5 Å². The number of hydrogen-bond donors (Lipinski definition) is 1. The molecule has 0 saturated carbocycles. The normalized spacial score (nSPS) is 15.8. The molecule has 0 spiro atoms. The molecule has 0 aliphatic carbocycles. The van der Waals surface area contributed by atoms with E-state index in [1.54, 1.807) is 12.1 Å². The van der Waals surface area contributed by atoms with Gasteiger partial charge in [-0.15, -0.1) is 0 Å². The number of nitrogens with one attached hydrogen (secondary N) is 1. The number of rotatable bonds is 6. The van der Waals surface area contributed by atoms with Crippen LogP contribution in [0.3, 0.4) is 0 Å². The molecule has 1 heterocycles. The Morgan fingerprint density at radius 1 is 0.903 bits per heavy atom. The summed E-state index contributed by atoms with van der Waals surface area (Å²) in [5, 5.41) is 4.90. The molecule has 7 heteroatoms. The Labute approximate surface area is 183 Å². The molecular formula is C24H27N3O3S. The number of para-hydroxylation sites is 1. The predicted octanol–water partition coefficient (Wildman–Crippen LogP) is 3.35. The lowest BCUT2D eigenvalue weighted by molar-refractivity contribution is -0.117. The molecule has 6 nitrogen and oxygen atoms in total. The van der Waals surface area contributed by atoms with Gasteiger partial charge in [-0.2, -0.15) is 4.31 Å². The first kappa shape index (κ1) is 21.5. The van der Waals surface area contributed by atoms with Crippen LogP contribution in [0.5, 0.6) is 0 Å². The van der Waals surface area contributed by atoms with Crippen LogP contribution in [0.4, 0.5) is 5.69 Å². The zero-order valence-corrected chi connectivity index (χ0v) is 18.4. The Hall–Kier alpha value is -2.74. The Bertz CT molecular complexity index is 1190. The van der Waals surface area contributed by atoms with Crippen molar-refractivity contribution in [2.45, 2.75) is 18.2 Å². The molecular weight excluding hydrogens is 410 g/mol. The van der Waals surface area contributed by atoms with Gasteiger partial charge in [-0.05, 0) is 41.0 Å². The first-order valence-corrected chi connectivity index (χ1v) is 12.0. The summed E-state index contributed by atoms with van der Waals surface area (Å²) in [5.41, 5.74) is 1.94. The number of nitrogens with zero attached hydrogens (tertiary/aromatic N) is 2. The highest BCUT2D eigenvalue weighted by atomic mass is 32.2. The van der Waals surface area contributed by atoms with Crippen LogP contribution >= 0.6 is 0 Å². The van der Waals surface area contributed by atoms with Gasteiger partial charge >= 0.3 is 0 Å². The first-order chi connectivity index (χ1) is 15.0. The fourth-order valence-electron chi connectivity index (χ4n) is 3.95. The van der Waals surface area contributed by atoms with E-state index in [0.717, 1.165) is 28.4 Å². The fraction of sp³-hybridized carbons (Fsp3) is 0.292. The quantitative estimate of drug-likeness (QED) is 0.642. The van der Waals surface area contributed by atoms with Crippen molar-refractivity contribution in [3.8, 4) is 0 Å². The third-order valence-electron chi connectivity index (χ3n) is 5.73. The number of hydrogen-bond acceptors (Lipinski definition) is 4. The van der Waals surface area contributed by atoms with Gasteiger partial charge in [0.2, 0.25) is 15.9 Å². The molecule has 0 aromatic heterocycles. The molecule has 0 atom stereocenters. The van der Waals surface area contributed by atoms with Crippen molar-refractivity contribution >= 4 is 32.4 Å². The highest BCUT2D eigenvalue weighted by molar-refractivity contribution is 7.89. The summed E-state index contributed by atoms with van der Waals surface area (Å²) in [4.78, 5) is 14.8. The van der Waals surface area contributed by atoms with Gasteiger partial charge in [0.15, 0.2) is 0 Å². The molecule has 1 amide bonds. The minimum Gasteiger partial charge on any atom is -0.325 e. The lowest BCUT2D eigenvalue weighted by Crippen LogP contribution is -2.50. The van der Waals surface area contributed by atoms with E-state index in [0.29, 0.717) is 31.1 Å². The summed E-state index contributed by atoms with van der Waals surface area (Å²) in [5.74, 6) is -0.0771. The largest absolute Gasteiger partial charge is 0.325 e. The third kappa shape index (κ3) is 4.79. The summed E-state index contributed by atoms with van der Waals surface area (Å²) < 4.78 is 27.7. The minimum atomic E-state index is -3.56. The van der Waals surface area contributed by atoms with Crippen LogP contribution < -0.4 is 5.32 Å². The predicted molar refractivity (Wildman–Crippen MR) is 124 cm³/mol. The molecule has 3 aromatic rings. The SMILES string of the molecule is CCc1ccccc1NC(=O)CN1CCN(S(=O)(=O)c2ccc3ccccc3c2)CC1. The summed E-state index contributed by atoms with van der Waals surface area (Å²) >= 11 is 0. The Balaban J connectivity index is 1.36. The van der Waals surface area contributed by atoms with Gasteiger partial charge in [0, 0.05) is 31.9 Å². The van der Waals surface area contributed by atoms with Crippen LogP contribution in [0.25, 0.3) is 10.8 Å². The first-order valence-electron chi connectivity index (χ1n) is 10.6. The Morgan fingerprint density at radius 3 is 2.32 bits per heavy atom. The molecule has 0 radical (unpaired) electrons. The van der Waals surface area contributed by atoms with Crippen LogP contribution in [-0.2, 0) is 21.2 Å². The maximum atomic E-state index is 13.1. The standard InChI is InChI=1S/C24H27N3O3S/c1-2-19-7-5-6-10-23(19)25-24(28)18-26-13-15-27(16-14-26)31(29,30)22-12-11-20-8-3-4-9-21(20)17-22/h3-12,17H,2,13-16,18H2,1H3,(H,25,28). The molecule has 4 rings (SSSR count). The minimum absolute atomic E-state index is 0.0771. The van der Waals surface area contributed by atoms with Gasteiger partial charge < -0.3 is 5.32 Å². The molecule has 1 fully saturated rings. The van der Waals surface area contributed by atoms with Crippen molar-refractivity contribution in [3.63, 3.8) is 0 Å². The number of sulfonamides is 1. The highest BCUT2D eigenvalue weighted by Crippen LogP contribution is 2.23. The number of fused-ring (bicyclic) bond motifs is 1. The number of benzene rings is 3. The summed E-state index contributed by atoms with van der Waals surface area (Å²) in [7, 11) is -3.56. The average Bonchev–Trinajstić information content (AvgIpc) is 2.79.